The Morgan fingerprint density at radius 1 is 1.56 bits per heavy atom. The van der Waals surface area contributed by atoms with Crippen molar-refractivity contribution in [1.29, 1.82) is 5.53 Å². The molecule has 46 valence electrons. The standard InChI is InChI=1S/C5H4FN3/c6-5-2-1-4(9-7)3-8-5/h1-3,7H. The van der Waals surface area contributed by atoms with Gasteiger partial charge in [0.1, 0.15) is 5.69 Å². The first-order chi connectivity index (χ1) is 4.33. The van der Waals surface area contributed by atoms with Gasteiger partial charge in [-0.2, -0.15) is 9.50 Å². The first kappa shape index (κ1) is 5.81. The Labute approximate surface area is 51.1 Å². The zero-order valence-corrected chi connectivity index (χ0v) is 4.50. The van der Waals surface area contributed by atoms with Gasteiger partial charge in [0.2, 0.25) is 5.95 Å². The van der Waals surface area contributed by atoms with Gasteiger partial charge in [-0.15, -0.1) is 0 Å². The molecule has 0 aliphatic rings. The Hall–Kier alpha value is -1.32. The summed E-state index contributed by atoms with van der Waals surface area (Å²) < 4.78 is 12.0. The summed E-state index contributed by atoms with van der Waals surface area (Å²) in [5.74, 6) is -0.553. The van der Waals surface area contributed by atoms with E-state index in [0.29, 0.717) is 5.69 Å². The lowest BCUT2D eigenvalue weighted by molar-refractivity contribution is 0.584. The molecule has 0 amide bonds. The molecule has 0 unspecified atom stereocenters. The van der Waals surface area contributed by atoms with E-state index in [9.17, 15) is 4.39 Å². The van der Waals surface area contributed by atoms with Gasteiger partial charge in [0, 0.05) is 0 Å². The average Bonchev–Trinajstić information content (AvgIpc) is 1.90. The van der Waals surface area contributed by atoms with Crippen LogP contribution in [0.2, 0.25) is 0 Å². The van der Waals surface area contributed by atoms with E-state index in [0.717, 1.165) is 6.07 Å². The van der Waals surface area contributed by atoms with Gasteiger partial charge in [-0.05, 0) is 12.1 Å². The van der Waals surface area contributed by atoms with Crippen LogP contribution < -0.4 is 0 Å². The van der Waals surface area contributed by atoms with Gasteiger partial charge in [-0.1, -0.05) is 0 Å². The number of pyridine rings is 1. The van der Waals surface area contributed by atoms with Crippen molar-refractivity contribution < 1.29 is 4.39 Å². The fourth-order valence-corrected chi connectivity index (χ4v) is 0.434. The average molecular weight is 125 g/mol. The maximum atomic E-state index is 12.0. The van der Waals surface area contributed by atoms with Crippen LogP contribution in [0.25, 0.3) is 0 Å². The van der Waals surface area contributed by atoms with E-state index in [2.05, 4.69) is 10.1 Å². The van der Waals surface area contributed by atoms with Crippen molar-refractivity contribution in [3.63, 3.8) is 0 Å². The number of hydrogen-bond acceptors (Lipinski definition) is 3. The van der Waals surface area contributed by atoms with E-state index in [1.54, 1.807) is 0 Å². The van der Waals surface area contributed by atoms with Crippen LogP contribution in [0.1, 0.15) is 0 Å². The van der Waals surface area contributed by atoms with Crippen molar-refractivity contribution in [1.82, 2.24) is 4.98 Å². The Bertz CT molecular complexity index is 206. The smallest absolute Gasteiger partial charge is 0.212 e. The second-order valence-corrected chi connectivity index (χ2v) is 1.45. The molecule has 0 fully saturated rings. The molecular formula is C5H4FN3. The van der Waals surface area contributed by atoms with Crippen molar-refractivity contribution in [2.24, 2.45) is 5.11 Å². The van der Waals surface area contributed by atoms with Crippen LogP contribution >= 0.6 is 0 Å². The third-order valence-corrected chi connectivity index (χ3v) is 0.841. The Morgan fingerprint density at radius 3 is 2.78 bits per heavy atom. The lowest BCUT2D eigenvalue weighted by Gasteiger charge is -1.86. The SMILES string of the molecule is N=Nc1ccc(F)nc1. The van der Waals surface area contributed by atoms with E-state index in [1.165, 1.54) is 12.3 Å². The van der Waals surface area contributed by atoms with Gasteiger partial charge in [-0.25, -0.2) is 10.5 Å². The first-order valence-corrected chi connectivity index (χ1v) is 2.32. The molecule has 4 heteroatoms. The zero-order chi connectivity index (χ0) is 6.69. The van der Waals surface area contributed by atoms with Gasteiger partial charge >= 0.3 is 0 Å². The quantitative estimate of drug-likeness (QED) is 0.452. The number of nitrogens with one attached hydrogen (secondary N) is 1. The second-order valence-electron chi connectivity index (χ2n) is 1.45. The molecule has 1 aromatic heterocycles. The van der Waals surface area contributed by atoms with Crippen molar-refractivity contribution in [2.75, 3.05) is 0 Å². The predicted octanol–water partition coefficient (Wildman–Crippen LogP) is 1.88. The third kappa shape index (κ3) is 1.28. The van der Waals surface area contributed by atoms with E-state index >= 15 is 0 Å². The van der Waals surface area contributed by atoms with Crippen LogP contribution in [0.4, 0.5) is 10.1 Å². The molecule has 1 N–H and O–H groups in total. The van der Waals surface area contributed by atoms with Crippen LogP contribution in [0.5, 0.6) is 0 Å². The number of nitrogens with zero attached hydrogens (tertiary/aromatic N) is 2. The maximum Gasteiger partial charge on any atom is 0.212 e. The Balaban J connectivity index is 3.01. The topological polar surface area (TPSA) is 49.1 Å². The van der Waals surface area contributed by atoms with Gasteiger partial charge in [-0.3, -0.25) is 0 Å². The molecule has 0 aliphatic heterocycles. The largest absolute Gasteiger partial charge is 0.226 e. The molecule has 0 spiro atoms. The minimum absolute atomic E-state index is 0.358. The monoisotopic (exact) mass is 125 g/mol. The highest BCUT2D eigenvalue weighted by Crippen LogP contribution is 2.07. The summed E-state index contributed by atoms with van der Waals surface area (Å²) in [5, 5.41) is 3.03. The molecule has 0 atom stereocenters. The van der Waals surface area contributed by atoms with Gasteiger partial charge in [0.25, 0.3) is 0 Å². The molecular weight excluding hydrogens is 121 g/mol. The molecule has 0 bridgehead atoms. The summed E-state index contributed by atoms with van der Waals surface area (Å²) in [6.45, 7) is 0. The van der Waals surface area contributed by atoms with Gasteiger partial charge in [0.15, 0.2) is 0 Å². The number of aromatic nitrogens is 1. The fourth-order valence-electron chi connectivity index (χ4n) is 0.434. The minimum Gasteiger partial charge on any atom is -0.226 e. The molecule has 0 aliphatic carbocycles. The van der Waals surface area contributed by atoms with Crippen molar-refractivity contribution >= 4 is 5.69 Å². The normalized spacial score (nSPS) is 9.00. The van der Waals surface area contributed by atoms with Crippen LogP contribution in [-0.2, 0) is 0 Å². The highest BCUT2D eigenvalue weighted by molar-refractivity contribution is 5.30. The molecule has 9 heavy (non-hydrogen) atoms. The minimum atomic E-state index is -0.553. The van der Waals surface area contributed by atoms with Crippen molar-refractivity contribution in [3.8, 4) is 0 Å². The molecule has 0 saturated heterocycles. The third-order valence-electron chi connectivity index (χ3n) is 0.841. The molecule has 0 radical (unpaired) electrons. The number of halogens is 1. The summed E-state index contributed by atoms with van der Waals surface area (Å²) in [5.41, 5.74) is 6.83. The van der Waals surface area contributed by atoms with E-state index in [4.69, 9.17) is 5.53 Å². The zero-order valence-electron chi connectivity index (χ0n) is 4.50. The van der Waals surface area contributed by atoms with Crippen molar-refractivity contribution in [2.45, 2.75) is 0 Å². The van der Waals surface area contributed by atoms with Crippen molar-refractivity contribution in [3.05, 3.63) is 24.3 Å². The number of hydrogen-bond donors (Lipinski definition) is 1. The maximum absolute atomic E-state index is 12.0. The summed E-state index contributed by atoms with van der Waals surface area (Å²) >= 11 is 0. The van der Waals surface area contributed by atoms with Crippen LogP contribution in [0.3, 0.4) is 0 Å². The molecule has 1 aromatic rings. The van der Waals surface area contributed by atoms with Gasteiger partial charge in [0.05, 0.1) is 6.20 Å². The van der Waals surface area contributed by atoms with E-state index in [1.807, 2.05) is 0 Å². The Kier molecular flexibility index (Phi) is 1.48. The van der Waals surface area contributed by atoms with Crippen LogP contribution in [0, 0.1) is 11.5 Å². The predicted molar refractivity (Wildman–Crippen MR) is 29.0 cm³/mol. The lowest BCUT2D eigenvalue weighted by Crippen LogP contribution is -1.76. The fraction of sp³-hybridized carbons (Fsp3) is 0. The van der Waals surface area contributed by atoms with E-state index < -0.39 is 5.95 Å². The van der Waals surface area contributed by atoms with Gasteiger partial charge < -0.3 is 0 Å². The number of rotatable bonds is 1. The van der Waals surface area contributed by atoms with Crippen LogP contribution in [-0.4, -0.2) is 4.98 Å². The molecule has 0 saturated carbocycles. The summed E-state index contributed by atoms with van der Waals surface area (Å²) in [6.07, 6.45) is 1.20. The molecule has 1 rings (SSSR count). The highest BCUT2D eigenvalue weighted by Gasteiger charge is 1.88. The van der Waals surface area contributed by atoms with Crippen LogP contribution in [0.15, 0.2) is 23.4 Å². The Morgan fingerprint density at radius 2 is 2.33 bits per heavy atom. The lowest BCUT2D eigenvalue weighted by atomic mass is 10.4. The molecule has 0 aromatic carbocycles. The second kappa shape index (κ2) is 2.30. The summed E-state index contributed by atoms with van der Waals surface area (Å²) in [7, 11) is 0. The first-order valence-electron chi connectivity index (χ1n) is 2.32. The molecule has 3 nitrogen and oxygen atoms in total. The molecule has 1 heterocycles. The summed E-state index contributed by atoms with van der Waals surface area (Å²) in [4.78, 5) is 3.27. The summed E-state index contributed by atoms with van der Waals surface area (Å²) in [6, 6.07) is 2.54. The van der Waals surface area contributed by atoms with E-state index in [-0.39, 0.29) is 0 Å². The highest BCUT2D eigenvalue weighted by atomic mass is 19.1.